The van der Waals surface area contributed by atoms with Crippen molar-refractivity contribution in [1.29, 1.82) is 0 Å². The first-order valence-electron chi connectivity index (χ1n) is 7.53. The number of amides is 1. The second kappa shape index (κ2) is 9.16. The van der Waals surface area contributed by atoms with Crippen molar-refractivity contribution in [3.8, 4) is 5.75 Å². The molecular formula is C18H21ClFNO2. The number of aromatic hydroxyl groups is 1. The fourth-order valence-corrected chi connectivity index (χ4v) is 2.45. The molecule has 0 radical (unpaired) electrons. The van der Waals surface area contributed by atoms with Gasteiger partial charge < -0.3 is 10.8 Å². The van der Waals surface area contributed by atoms with E-state index in [1.807, 2.05) is 19.9 Å². The number of halogens is 2. The number of fused-ring (bicyclic) bond motifs is 1. The summed E-state index contributed by atoms with van der Waals surface area (Å²) in [5.74, 6) is -1.81. The number of hydrogen-bond donors (Lipinski definition) is 2. The molecule has 5 heteroatoms. The summed E-state index contributed by atoms with van der Waals surface area (Å²) in [6.45, 7) is 4.00. The molecule has 0 saturated heterocycles. The third-order valence-electron chi connectivity index (χ3n) is 3.29. The van der Waals surface area contributed by atoms with Crippen LogP contribution in [0.15, 0.2) is 36.4 Å². The highest BCUT2D eigenvalue weighted by Crippen LogP contribution is 2.24. The zero-order valence-electron chi connectivity index (χ0n) is 13.3. The van der Waals surface area contributed by atoms with Gasteiger partial charge in [-0.2, -0.15) is 0 Å². The molecule has 1 aliphatic rings. The quantitative estimate of drug-likeness (QED) is 0.805. The Kier molecular flexibility index (Phi) is 7.55. The van der Waals surface area contributed by atoms with Crippen LogP contribution < -0.4 is 5.73 Å². The van der Waals surface area contributed by atoms with E-state index < -0.39 is 17.5 Å². The van der Waals surface area contributed by atoms with Crippen LogP contribution in [-0.2, 0) is 12.8 Å². The lowest BCUT2D eigenvalue weighted by atomic mass is 10.1. The maximum absolute atomic E-state index is 12.3. The van der Waals surface area contributed by atoms with Crippen LogP contribution in [0.2, 0.25) is 5.02 Å². The number of nitrogens with two attached hydrogens (primary N) is 1. The molecule has 2 aromatic carbocycles. The number of primary amides is 1. The van der Waals surface area contributed by atoms with Gasteiger partial charge in [-0.3, -0.25) is 4.79 Å². The number of carbonyl (C=O) groups is 1. The molecule has 3 nitrogen and oxygen atoms in total. The number of hydrogen-bond acceptors (Lipinski definition) is 2. The second-order valence-electron chi connectivity index (χ2n) is 4.79. The Morgan fingerprint density at radius 2 is 1.78 bits per heavy atom. The molecule has 3 rings (SSSR count). The van der Waals surface area contributed by atoms with E-state index in [9.17, 15) is 9.18 Å². The van der Waals surface area contributed by atoms with Gasteiger partial charge in [-0.1, -0.05) is 31.5 Å². The zero-order chi connectivity index (χ0) is 17.4. The van der Waals surface area contributed by atoms with Gasteiger partial charge in [0.1, 0.15) is 11.6 Å². The van der Waals surface area contributed by atoms with E-state index in [1.165, 1.54) is 30.4 Å². The van der Waals surface area contributed by atoms with Crippen LogP contribution in [0.25, 0.3) is 0 Å². The monoisotopic (exact) mass is 337 g/mol. The summed E-state index contributed by atoms with van der Waals surface area (Å²) >= 11 is 5.82. The normalized spacial score (nSPS) is 11.5. The van der Waals surface area contributed by atoms with Gasteiger partial charge in [0, 0.05) is 11.1 Å². The van der Waals surface area contributed by atoms with Crippen molar-refractivity contribution in [2.24, 2.45) is 5.73 Å². The van der Waals surface area contributed by atoms with Gasteiger partial charge in [0.15, 0.2) is 0 Å². The molecule has 0 fully saturated rings. The molecule has 2 aromatic rings. The summed E-state index contributed by atoms with van der Waals surface area (Å²) in [6, 6.07) is 9.23. The minimum Gasteiger partial charge on any atom is -0.507 e. The Bertz CT molecular complexity index is 674. The smallest absolute Gasteiger partial charge is 0.252 e. The Morgan fingerprint density at radius 1 is 1.13 bits per heavy atom. The van der Waals surface area contributed by atoms with Gasteiger partial charge in [0.05, 0.1) is 5.56 Å². The van der Waals surface area contributed by atoms with Crippen LogP contribution in [0.5, 0.6) is 5.75 Å². The molecule has 0 bridgehead atoms. The first-order valence-corrected chi connectivity index (χ1v) is 7.91. The molecule has 1 amide bonds. The average Bonchev–Trinajstić information content (AvgIpc) is 2.97. The Balaban J connectivity index is 0.000000208. The highest BCUT2D eigenvalue weighted by atomic mass is 35.5. The lowest BCUT2D eigenvalue weighted by molar-refractivity contribution is 0.0997. The van der Waals surface area contributed by atoms with E-state index in [4.69, 9.17) is 22.4 Å². The molecule has 3 N–H and O–H groups in total. The van der Waals surface area contributed by atoms with E-state index >= 15 is 0 Å². The number of rotatable bonds is 1. The SMILES string of the molecule is CC.Clc1ccc2c(c1)CCC2.NC(=O)c1ccc(F)cc1O. The standard InChI is InChI=1S/C9H9Cl.C7H6FNO2.C2H6/c10-9-5-4-7-2-1-3-8(7)6-9;8-4-1-2-5(7(9)11)6(10)3-4;1-2/h4-6H,1-3H2;1-3,10H,(H2,9,11);1-2H3. The average molecular weight is 338 g/mol. The highest BCUT2D eigenvalue weighted by molar-refractivity contribution is 6.30. The van der Waals surface area contributed by atoms with E-state index in [1.54, 1.807) is 0 Å². The van der Waals surface area contributed by atoms with Gasteiger partial charge >= 0.3 is 0 Å². The van der Waals surface area contributed by atoms with E-state index in [0.717, 1.165) is 23.2 Å². The summed E-state index contributed by atoms with van der Waals surface area (Å²) in [5, 5.41) is 9.80. The van der Waals surface area contributed by atoms with Crippen LogP contribution in [0.4, 0.5) is 4.39 Å². The minimum absolute atomic E-state index is 0.0774. The first-order chi connectivity index (χ1) is 11.0. The summed E-state index contributed by atoms with van der Waals surface area (Å²) < 4.78 is 12.3. The molecule has 0 heterocycles. The summed E-state index contributed by atoms with van der Waals surface area (Å²) in [4.78, 5) is 10.5. The highest BCUT2D eigenvalue weighted by Gasteiger charge is 2.09. The van der Waals surface area contributed by atoms with Crippen LogP contribution in [-0.4, -0.2) is 11.0 Å². The summed E-state index contributed by atoms with van der Waals surface area (Å²) in [7, 11) is 0. The number of benzene rings is 2. The molecule has 0 spiro atoms. The largest absolute Gasteiger partial charge is 0.507 e. The van der Waals surface area contributed by atoms with E-state index in [-0.39, 0.29) is 5.56 Å². The fourth-order valence-electron chi connectivity index (χ4n) is 2.25. The van der Waals surface area contributed by atoms with Gasteiger partial charge in [-0.15, -0.1) is 0 Å². The molecule has 0 aliphatic heterocycles. The Labute approximate surface area is 140 Å². The number of phenols is 1. The number of aryl methyl sites for hydroxylation is 2. The van der Waals surface area contributed by atoms with Gasteiger partial charge in [-0.25, -0.2) is 4.39 Å². The predicted molar refractivity (Wildman–Crippen MR) is 91.4 cm³/mol. The summed E-state index contributed by atoms with van der Waals surface area (Å²) in [5.41, 5.74) is 7.71. The molecular weight excluding hydrogens is 317 g/mol. The third-order valence-corrected chi connectivity index (χ3v) is 3.52. The van der Waals surface area contributed by atoms with Crippen LogP contribution in [0, 0.1) is 5.82 Å². The van der Waals surface area contributed by atoms with E-state index in [2.05, 4.69) is 12.1 Å². The third kappa shape index (κ3) is 5.57. The lowest BCUT2D eigenvalue weighted by Gasteiger charge is -1.97. The predicted octanol–water partition coefficient (Wildman–Crippen LogP) is 4.49. The van der Waals surface area contributed by atoms with Gasteiger partial charge in [-0.05, 0) is 54.7 Å². The molecule has 23 heavy (non-hydrogen) atoms. The maximum Gasteiger partial charge on any atom is 0.252 e. The second-order valence-corrected chi connectivity index (χ2v) is 5.23. The topological polar surface area (TPSA) is 63.3 Å². The number of carbonyl (C=O) groups excluding carboxylic acids is 1. The molecule has 0 aromatic heterocycles. The first kappa shape index (κ1) is 19.0. The van der Waals surface area contributed by atoms with Crippen molar-refractivity contribution in [2.45, 2.75) is 33.1 Å². The lowest BCUT2D eigenvalue weighted by Crippen LogP contribution is -2.10. The van der Waals surface area contributed by atoms with Crippen LogP contribution >= 0.6 is 11.6 Å². The van der Waals surface area contributed by atoms with Crippen molar-refractivity contribution in [2.75, 3.05) is 0 Å². The minimum atomic E-state index is -0.775. The van der Waals surface area contributed by atoms with Crippen LogP contribution in [0.1, 0.15) is 41.8 Å². The molecule has 1 aliphatic carbocycles. The molecule has 124 valence electrons. The molecule has 0 unspecified atom stereocenters. The van der Waals surface area contributed by atoms with Crippen molar-refractivity contribution in [3.63, 3.8) is 0 Å². The Hall–Kier alpha value is -2.07. The maximum atomic E-state index is 12.3. The van der Waals surface area contributed by atoms with Gasteiger partial charge in [0.2, 0.25) is 0 Å². The van der Waals surface area contributed by atoms with Crippen LogP contribution in [0.3, 0.4) is 0 Å². The van der Waals surface area contributed by atoms with Crippen molar-refractivity contribution in [1.82, 2.24) is 0 Å². The Morgan fingerprint density at radius 3 is 2.39 bits per heavy atom. The van der Waals surface area contributed by atoms with Crippen molar-refractivity contribution >= 4 is 17.5 Å². The van der Waals surface area contributed by atoms with Crippen molar-refractivity contribution < 1.29 is 14.3 Å². The van der Waals surface area contributed by atoms with Gasteiger partial charge in [0.25, 0.3) is 5.91 Å². The molecule has 0 saturated carbocycles. The zero-order valence-corrected chi connectivity index (χ0v) is 14.0. The van der Waals surface area contributed by atoms with Crippen molar-refractivity contribution in [3.05, 3.63) is 63.9 Å². The van der Waals surface area contributed by atoms with E-state index in [0.29, 0.717) is 0 Å². The molecule has 0 atom stereocenters. The fraction of sp³-hybridized carbons (Fsp3) is 0.278. The summed E-state index contributed by atoms with van der Waals surface area (Å²) in [6.07, 6.45) is 3.76.